The molecule has 0 radical (unpaired) electrons. The van der Waals surface area contributed by atoms with Crippen molar-refractivity contribution >= 4 is 5.91 Å². The second-order valence-corrected chi connectivity index (χ2v) is 7.10. The smallest absolute Gasteiger partial charge is 0.226 e. The summed E-state index contributed by atoms with van der Waals surface area (Å²) in [5.74, 6) is 0.653. The average molecular weight is 281 g/mol. The van der Waals surface area contributed by atoms with E-state index < -0.39 is 0 Å². The number of rotatable bonds is 4. The highest BCUT2D eigenvalue weighted by atomic mass is 16.2. The predicted molar refractivity (Wildman–Crippen MR) is 82.4 cm³/mol. The normalized spacial score (nSPS) is 27.6. The molecule has 116 valence electrons. The molecule has 0 spiro atoms. The van der Waals surface area contributed by atoms with Crippen molar-refractivity contribution in [1.82, 2.24) is 9.80 Å². The van der Waals surface area contributed by atoms with Crippen LogP contribution in [0.2, 0.25) is 0 Å². The van der Waals surface area contributed by atoms with Gasteiger partial charge in [-0.1, -0.05) is 26.7 Å². The lowest BCUT2D eigenvalue weighted by Gasteiger charge is -2.42. The molecule has 2 rings (SSSR count). The van der Waals surface area contributed by atoms with Crippen LogP contribution in [0, 0.1) is 11.3 Å². The molecule has 4 nitrogen and oxygen atoms in total. The minimum Gasteiger partial charge on any atom is -0.340 e. The highest BCUT2D eigenvalue weighted by Gasteiger charge is 2.39. The molecular weight excluding hydrogens is 250 g/mol. The summed E-state index contributed by atoms with van der Waals surface area (Å²) in [6.45, 7) is 10.2. The van der Waals surface area contributed by atoms with Crippen molar-refractivity contribution in [2.45, 2.75) is 46.0 Å². The maximum absolute atomic E-state index is 12.8. The van der Waals surface area contributed by atoms with Crippen molar-refractivity contribution in [2.75, 3.05) is 39.3 Å². The molecule has 1 aliphatic heterocycles. The second-order valence-electron chi connectivity index (χ2n) is 7.10. The van der Waals surface area contributed by atoms with Gasteiger partial charge in [-0.25, -0.2) is 0 Å². The summed E-state index contributed by atoms with van der Waals surface area (Å²) in [5, 5.41) is 0. The topological polar surface area (TPSA) is 49.6 Å². The molecule has 1 heterocycles. The van der Waals surface area contributed by atoms with E-state index in [1.165, 1.54) is 19.3 Å². The fourth-order valence-electron chi connectivity index (χ4n) is 3.68. The molecular formula is C16H31N3O. The molecule has 1 aliphatic carbocycles. The van der Waals surface area contributed by atoms with Gasteiger partial charge >= 0.3 is 0 Å². The van der Waals surface area contributed by atoms with E-state index in [0.29, 0.717) is 5.91 Å². The van der Waals surface area contributed by atoms with Crippen molar-refractivity contribution in [2.24, 2.45) is 17.1 Å². The number of hydrogen-bond acceptors (Lipinski definition) is 3. The zero-order valence-electron chi connectivity index (χ0n) is 13.2. The molecule has 1 saturated heterocycles. The van der Waals surface area contributed by atoms with E-state index in [2.05, 4.69) is 23.6 Å². The summed E-state index contributed by atoms with van der Waals surface area (Å²) in [6.07, 6.45) is 5.84. The van der Waals surface area contributed by atoms with Gasteiger partial charge in [0.2, 0.25) is 5.91 Å². The van der Waals surface area contributed by atoms with Crippen molar-refractivity contribution in [3.05, 3.63) is 0 Å². The first kappa shape index (κ1) is 15.8. The fraction of sp³-hybridized carbons (Fsp3) is 0.938. The van der Waals surface area contributed by atoms with Gasteiger partial charge in [0, 0.05) is 32.1 Å². The van der Waals surface area contributed by atoms with E-state index in [-0.39, 0.29) is 11.3 Å². The van der Waals surface area contributed by atoms with Crippen LogP contribution in [-0.2, 0) is 4.79 Å². The Morgan fingerprint density at radius 2 is 1.90 bits per heavy atom. The number of hydrogen-bond donors (Lipinski definition) is 1. The molecule has 0 aromatic heterocycles. The summed E-state index contributed by atoms with van der Waals surface area (Å²) < 4.78 is 0. The lowest BCUT2D eigenvalue weighted by atomic mass is 9.68. The van der Waals surface area contributed by atoms with Gasteiger partial charge in [-0.15, -0.1) is 0 Å². The Labute approximate surface area is 123 Å². The lowest BCUT2D eigenvalue weighted by Crippen LogP contribution is -2.52. The summed E-state index contributed by atoms with van der Waals surface area (Å²) in [4.78, 5) is 17.3. The maximum atomic E-state index is 12.8. The lowest BCUT2D eigenvalue weighted by molar-refractivity contribution is -0.143. The molecule has 20 heavy (non-hydrogen) atoms. The second kappa shape index (κ2) is 6.90. The Morgan fingerprint density at radius 3 is 2.50 bits per heavy atom. The molecule has 2 N–H and O–H groups in total. The van der Waals surface area contributed by atoms with Crippen molar-refractivity contribution in [1.29, 1.82) is 0 Å². The van der Waals surface area contributed by atoms with Crippen LogP contribution in [0.25, 0.3) is 0 Å². The third-order valence-electron chi connectivity index (χ3n) is 5.17. The largest absolute Gasteiger partial charge is 0.340 e. The van der Waals surface area contributed by atoms with E-state index in [1.54, 1.807) is 0 Å². The first-order chi connectivity index (χ1) is 9.54. The van der Waals surface area contributed by atoms with Crippen LogP contribution >= 0.6 is 0 Å². The van der Waals surface area contributed by atoms with Gasteiger partial charge < -0.3 is 10.6 Å². The van der Waals surface area contributed by atoms with Crippen LogP contribution in [0.1, 0.15) is 46.0 Å². The number of carbonyl (C=O) groups excluding carboxylic acids is 1. The monoisotopic (exact) mass is 281 g/mol. The van der Waals surface area contributed by atoms with Crippen molar-refractivity contribution in [3.8, 4) is 0 Å². The molecule has 1 atom stereocenters. The number of carbonyl (C=O) groups is 1. The van der Waals surface area contributed by atoms with Gasteiger partial charge in [-0.2, -0.15) is 0 Å². The molecule has 2 aliphatic rings. The molecule has 4 heteroatoms. The average Bonchev–Trinajstić information content (AvgIpc) is 2.44. The molecule has 0 bridgehead atoms. The Hall–Kier alpha value is -0.610. The van der Waals surface area contributed by atoms with Crippen LogP contribution in [-0.4, -0.2) is 55.0 Å². The van der Waals surface area contributed by atoms with Crippen LogP contribution in [0.5, 0.6) is 0 Å². The van der Waals surface area contributed by atoms with Gasteiger partial charge in [0.05, 0.1) is 0 Å². The van der Waals surface area contributed by atoms with Crippen LogP contribution in [0.3, 0.4) is 0 Å². The molecule has 1 unspecified atom stereocenters. The van der Waals surface area contributed by atoms with Crippen molar-refractivity contribution < 1.29 is 4.79 Å². The molecule has 1 amide bonds. The predicted octanol–water partition coefficient (Wildman–Crippen LogP) is 1.70. The standard InChI is InChI=1S/C16H31N3O/c1-16(2)7-4-3-6-14(16)15(20)19-12-10-18(11-13-19)9-5-8-17/h14H,3-13,17H2,1-2H3. The van der Waals surface area contributed by atoms with Gasteiger partial charge in [0.25, 0.3) is 0 Å². The van der Waals surface area contributed by atoms with Gasteiger partial charge in [0.15, 0.2) is 0 Å². The number of amides is 1. The zero-order chi connectivity index (χ0) is 14.6. The Kier molecular flexibility index (Phi) is 5.44. The molecule has 1 saturated carbocycles. The summed E-state index contributed by atoms with van der Waals surface area (Å²) in [6, 6.07) is 0. The van der Waals surface area contributed by atoms with Gasteiger partial charge in [-0.3, -0.25) is 9.69 Å². The minimum absolute atomic E-state index is 0.187. The fourth-order valence-corrected chi connectivity index (χ4v) is 3.68. The maximum Gasteiger partial charge on any atom is 0.226 e. The quantitative estimate of drug-likeness (QED) is 0.853. The van der Waals surface area contributed by atoms with E-state index >= 15 is 0 Å². The summed E-state index contributed by atoms with van der Waals surface area (Å²) in [7, 11) is 0. The highest BCUT2D eigenvalue weighted by molar-refractivity contribution is 5.79. The SMILES string of the molecule is CC1(C)CCCCC1C(=O)N1CCN(CCCN)CC1. The molecule has 0 aromatic carbocycles. The summed E-state index contributed by atoms with van der Waals surface area (Å²) >= 11 is 0. The minimum atomic E-state index is 0.187. The highest BCUT2D eigenvalue weighted by Crippen LogP contribution is 2.41. The van der Waals surface area contributed by atoms with E-state index in [1.807, 2.05) is 0 Å². The van der Waals surface area contributed by atoms with Gasteiger partial charge in [0.1, 0.15) is 0 Å². The summed E-state index contributed by atoms with van der Waals surface area (Å²) in [5.41, 5.74) is 5.74. The van der Waals surface area contributed by atoms with Crippen LogP contribution < -0.4 is 5.73 Å². The van der Waals surface area contributed by atoms with Crippen LogP contribution in [0.15, 0.2) is 0 Å². The Balaban J connectivity index is 1.85. The first-order valence-electron chi connectivity index (χ1n) is 8.26. The van der Waals surface area contributed by atoms with E-state index in [9.17, 15) is 4.79 Å². The number of piperazine rings is 1. The third kappa shape index (κ3) is 3.73. The number of nitrogens with zero attached hydrogens (tertiary/aromatic N) is 2. The van der Waals surface area contributed by atoms with E-state index in [0.717, 1.165) is 52.1 Å². The molecule has 0 aromatic rings. The molecule has 2 fully saturated rings. The van der Waals surface area contributed by atoms with Crippen molar-refractivity contribution in [3.63, 3.8) is 0 Å². The number of nitrogens with two attached hydrogens (primary N) is 1. The Morgan fingerprint density at radius 1 is 1.20 bits per heavy atom. The van der Waals surface area contributed by atoms with Crippen LogP contribution in [0.4, 0.5) is 0 Å². The zero-order valence-corrected chi connectivity index (χ0v) is 13.2. The van der Waals surface area contributed by atoms with Gasteiger partial charge in [-0.05, 0) is 37.8 Å². The Bertz CT molecular complexity index is 322. The van der Waals surface area contributed by atoms with E-state index in [4.69, 9.17) is 5.73 Å². The first-order valence-corrected chi connectivity index (χ1v) is 8.26. The third-order valence-corrected chi connectivity index (χ3v) is 5.17.